The summed E-state index contributed by atoms with van der Waals surface area (Å²) < 4.78 is 4.36. The second-order valence-corrected chi connectivity index (χ2v) is 6.19. The van der Waals surface area contributed by atoms with Crippen molar-refractivity contribution in [1.82, 2.24) is 14.3 Å². The molecule has 0 spiro atoms. The molecule has 1 aromatic rings. The van der Waals surface area contributed by atoms with Crippen LogP contribution in [0.5, 0.6) is 0 Å². The second kappa shape index (κ2) is 6.48. The summed E-state index contributed by atoms with van der Waals surface area (Å²) in [5, 5.41) is 4.38. The highest BCUT2D eigenvalue weighted by atomic mass is 32.1. The monoisotopic (exact) mass is 268 g/mol. The maximum atomic E-state index is 4.50. The third-order valence-electron chi connectivity index (χ3n) is 3.52. The van der Waals surface area contributed by atoms with Gasteiger partial charge in [-0.1, -0.05) is 20.3 Å². The highest BCUT2D eigenvalue weighted by Gasteiger charge is 2.17. The first-order chi connectivity index (χ1) is 8.66. The van der Waals surface area contributed by atoms with E-state index in [1.807, 2.05) is 0 Å². The molecule has 0 aliphatic carbocycles. The van der Waals surface area contributed by atoms with E-state index in [0.29, 0.717) is 12.0 Å². The molecule has 1 atom stereocenters. The van der Waals surface area contributed by atoms with E-state index in [-0.39, 0.29) is 0 Å². The molecule has 2 rings (SSSR count). The highest BCUT2D eigenvalue weighted by Crippen LogP contribution is 2.18. The van der Waals surface area contributed by atoms with E-state index < -0.39 is 0 Å². The first kappa shape index (κ1) is 13.7. The number of aromatic nitrogens is 2. The molecule has 0 radical (unpaired) electrons. The summed E-state index contributed by atoms with van der Waals surface area (Å²) in [7, 11) is 0. The Kier molecular flexibility index (Phi) is 4.95. The summed E-state index contributed by atoms with van der Waals surface area (Å²) >= 11 is 1.48. The van der Waals surface area contributed by atoms with Crippen LogP contribution in [0.25, 0.3) is 0 Å². The van der Waals surface area contributed by atoms with Crippen LogP contribution < -0.4 is 5.32 Å². The van der Waals surface area contributed by atoms with Gasteiger partial charge in [0.1, 0.15) is 5.82 Å². The first-order valence-corrected chi connectivity index (χ1v) is 7.75. The fraction of sp³-hybridized carbons (Fsp3) is 0.846. The van der Waals surface area contributed by atoms with Gasteiger partial charge in [0.15, 0.2) is 0 Å². The van der Waals surface area contributed by atoms with Crippen molar-refractivity contribution in [2.75, 3.05) is 25.0 Å². The van der Waals surface area contributed by atoms with Crippen molar-refractivity contribution in [2.45, 2.75) is 52.0 Å². The molecule has 0 bridgehead atoms. The molecule has 1 saturated heterocycles. The molecule has 18 heavy (non-hydrogen) atoms. The Balaban J connectivity index is 1.79. The quantitative estimate of drug-likeness (QED) is 0.891. The van der Waals surface area contributed by atoms with Crippen LogP contribution in [0.2, 0.25) is 0 Å². The minimum absolute atomic E-state index is 0.413. The highest BCUT2D eigenvalue weighted by molar-refractivity contribution is 7.09. The molecule has 0 saturated carbocycles. The Morgan fingerprint density at radius 3 is 2.56 bits per heavy atom. The molecule has 1 N–H and O–H groups in total. The normalized spacial score (nSPS) is 19.1. The number of rotatable bonds is 5. The summed E-state index contributed by atoms with van der Waals surface area (Å²) in [6.45, 7) is 10.0. The van der Waals surface area contributed by atoms with Gasteiger partial charge in [-0.05, 0) is 32.9 Å². The molecule has 102 valence electrons. The SMILES string of the molecule is CC(C)c1nsc(NCC(C)N2CCCCC2)n1. The van der Waals surface area contributed by atoms with Crippen LogP contribution in [-0.2, 0) is 0 Å². The molecular formula is C13H24N4S. The molecule has 4 nitrogen and oxygen atoms in total. The predicted molar refractivity (Wildman–Crippen MR) is 77.4 cm³/mol. The fourth-order valence-electron chi connectivity index (χ4n) is 2.26. The van der Waals surface area contributed by atoms with Crippen LogP contribution in [0.3, 0.4) is 0 Å². The predicted octanol–water partition coefficient (Wildman–Crippen LogP) is 2.95. The van der Waals surface area contributed by atoms with Gasteiger partial charge >= 0.3 is 0 Å². The number of anilines is 1. The molecule has 5 heteroatoms. The molecule has 1 aromatic heterocycles. The van der Waals surface area contributed by atoms with Crippen LogP contribution >= 0.6 is 11.5 Å². The summed E-state index contributed by atoms with van der Waals surface area (Å²) in [6, 6.07) is 0.580. The zero-order valence-corrected chi connectivity index (χ0v) is 12.5. The van der Waals surface area contributed by atoms with Crippen molar-refractivity contribution in [1.29, 1.82) is 0 Å². The maximum Gasteiger partial charge on any atom is 0.202 e. The Labute approximate surface area is 114 Å². The Morgan fingerprint density at radius 2 is 1.94 bits per heavy atom. The Morgan fingerprint density at radius 1 is 1.22 bits per heavy atom. The average molecular weight is 268 g/mol. The Hall–Kier alpha value is -0.680. The van der Waals surface area contributed by atoms with Gasteiger partial charge in [0.05, 0.1) is 0 Å². The average Bonchev–Trinajstić information content (AvgIpc) is 2.86. The van der Waals surface area contributed by atoms with Gasteiger partial charge < -0.3 is 5.32 Å². The first-order valence-electron chi connectivity index (χ1n) is 6.98. The minimum Gasteiger partial charge on any atom is -0.359 e. The van der Waals surface area contributed by atoms with Gasteiger partial charge in [-0.3, -0.25) is 4.90 Å². The Bertz CT molecular complexity index is 358. The van der Waals surface area contributed by atoms with Crippen molar-refractivity contribution in [3.8, 4) is 0 Å². The summed E-state index contributed by atoms with van der Waals surface area (Å²) in [5.41, 5.74) is 0. The molecule has 1 fully saturated rings. The lowest BCUT2D eigenvalue weighted by Crippen LogP contribution is -2.41. The van der Waals surface area contributed by atoms with Crippen molar-refractivity contribution < 1.29 is 0 Å². The lowest BCUT2D eigenvalue weighted by atomic mass is 10.1. The molecule has 2 heterocycles. The third kappa shape index (κ3) is 3.65. The van der Waals surface area contributed by atoms with Crippen molar-refractivity contribution >= 4 is 16.7 Å². The smallest absolute Gasteiger partial charge is 0.202 e. The van der Waals surface area contributed by atoms with E-state index in [2.05, 4.69) is 40.3 Å². The van der Waals surface area contributed by atoms with Crippen LogP contribution in [0.15, 0.2) is 0 Å². The van der Waals surface area contributed by atoms with Crippen molar-refractivity contribution in [3.63, 3.8) is 0 Å². The van der Waals surface area contributed by atoms with Gasteiger partial charge in [0.2, 0.25) is 5.13 Å². The number of nitrogens with zero attached hydrogens (tertiary/aromatic N) is 3. The van der Waals surface area contributed by atoms with Gasteiger partial charge in [0.25, 0.3) is 0 Å². The van der Waals surface area contributed by atoms with E-state index in [4.69, 9.17) is 0 Å². The number of hydrogen-bond donors (Lipinski definition) is 1. The number of hydrogen-bond acceptors (Lipinski definition) is 5. The van der Waals surface area contributed by atoms with E-state index in [0.717, 1.165) is 17.5 Å². The standard InChI is InChI=1S/C13H24N4S/c1-10(2)12-15-13(18-16-12)14-9-11(3)17-7-5-4-6-8-17/h10-11H,4-9H2,1-3H3,(H,14,15,16). The summed E-state index contributed by atoms with van der Waals surface area (Å²) in [6.07, 6.45) is 4.09. The maximum absolute atomic E-state index is 4.50. The third-order valence-corrected chi connectivity index (χ3v) is 4.21. The van der Waals surface area contributed by atoms with E-state index >= 15 is 0 Å². The molecule has 1 aliphatic heterocycles. The zero-order chi connectivity index (χ0) is 13.0. The lowest BCUT2D eigenvalue weighted by molar-refractivity contribution is 0.180. The topological polar surface area (TPSA) is 41.1 Å². The lowest BCUT2D eigenvalue weighted by Gasteiger charge is -2.32. The van der Waals surface area contributed by atoms with E-state index in [1.165, 1.54) is 43.9 Å². The molecule has 1 aliphatic rings. The van der Waals surface area contributed by atoms with Gasteiger partial charge in [-0.25, -0.2) is 4.98 Å². The molecular weight excluding hydrogens is 244 g/mol. The minimum atomic E-state index is 0.413. The molecule has 1 unspecified atom stereocenters. The summed E-state index contributed by atoms with van der Waals surface area (Å²) in [5.74, 6) is 1.37. The summed E-state index contributed by atoms with van der Waals surface area (Å²) in [4.78, 5) is 7.07. The fourth-order valence-corrected chi connectivity index (χ4v) is 2.98. The van der Waals surface area contributed by atoms with Crippen LogP contribution in [0, 0.1) is 0 Å². The molecule has 0 amide bonds. The van der Waals surface area contributed by atoms with E-state index in [1.54, 1.807) is 0 Å². The number of nitrogens with one attached hydrogen (secondary N) is 1. The van der Waals surface area contributed by atoms with Crippen molar-refractivity contribution in [2.24, 2.45) is 0 Å². The van der Waals surface area contributed by atoms with Gasteiger partial charge in [-0.15, -0.1) is 0 Å². The van der Waals surface area contributed by atoms with Crippen molar-refractivity contribution in [3.05, 3.63) is 5.82 Å². The second-order valence-electron chi connectivity index (χ2n) is 5.44. The molecule has 0 aromatic carbocycles. The zero-order valence-electron chi connectivity index (χ0n) is 11.6. The van der Waals surface area contributed by atoms with Crippen LogP contribution in [0.1, 0.15) is 51.8 Å². The van der Waals surface area contributed by atoms with Gasteiger partial charge in [0, 0.05) is 30.0 Å². The van der Waals surface area contributed by atoms with Crippen LogP contribution in [0.4, 0.5) is 5.13 Å². The number of likely N-dealkylation sites (tertiary alicyclic amines) is 1. The van der Waals surface area contributed by atoms with E-state index in [9.17, 15) is 0 Å². The largest absolute Gasteiger partial charge is 0.359 e. The van der Waals surface area contributed by atoms with Gasteiger partial charge in [-0.2, -0.15) is 4.37 Å². The van der Waals surface area contributed by atoms with Crippen LogP contribution in [-0.4, -0.2) is 39.9 Å². The number of piperidine rings is 1.